The highest BCUT2D eigenvalue weighted by Crippen LogP contribution is 2.38. The molecular formula is C22H25ClN2. The summed E-state index contributed by atoms with van der Waals surface area (Å²) in [6.45, 7) is 11.9. The van der Waals surface area contributed by atoms with E-state index < -0.39 is 0 Å². The van der Waals surface area contributed by atoms with Gasteiger partial charge in [-0.2, -0.15) is 0 Å². The third-order valence-corrected chi connectivity index (χ3v) is 5.24. The van der Waals surface area contributed by atoms with Gasteiger partial charge in [0.1, 0.15) is 0 Å². The molecule has 0 aliphatic carbocycles. The number of rotatable bonds is 3. The monoisotopic (exact) mass is 352 g/mol. The fraction of sp³-hybridized carbons (Fsp3) is 0.318. The molecule has 0 saturated carbocycles. The quantitative estimate of drug-likeness (QED) is 0.582. The second-order valence-electron chi connectivity index (χ2n) is 7.19. The zero-order chi connectivity index (χ0) is 18.2. The van der Waals surface area contributed by atoms with Crippen molar-refractivity contribution in [3.63, 3.8) is 0 Å². The van der Waals surface area contributed by atoms with E-state index in [1.54, 1.807) is 0 Å². The first-order valence-corrected chi connectivity index (χ1v) is 9.11. The normalized spacial score (nSPS) is 16.1. The highest BCUT2D eigenvalue weighted by Gasteiger charge is 2.29. The lowest BCUT2D eigenvalue weighted by Gasteiger charge is -2.42. The Morgan fingerprint density at radius 1 is 1.12 bits per heavy atom. The maximum atomic E-state index is 6.18. The Balaban J connectivity index is 1.95. The number of benzene rings is 2. The molecule has 25 heavy (non-hydrogen) atoms. The highest BCUT2D eigenvalue weighted by molar-refractivity contribution is 6.31. The van der Waals surface area contributed by atoms with Gasteiger partial charge in [0.15, 0.2) is 0 Å². The van der Waals surface area contributed by atoms with Crippen LogP contribution in [0.2, 0.25) is 5.02 Å². The summed E-state index contributed by atoms with van der Waals surface area (Å²) in [4.78, 5) is 7.02. The van der Waals surface area contributed by atoms with Crippen LogP contribution in [-0.4, -0.2) is 18.3 Å². The summed E-state index contributed by atoms with van der Waals surface area (Å²) in [6, 6.07) is 12.4. The lowest BCUT2D eigenvalue weighted by molar-refractivity contribution is 0.566. The number of allylic oxidation sites excluding steroid dienone is 1. The second kappa shape index (κ2) is 6.68. The number of aliphatic imine (C=N–C) groups is 1. The average Bonchev–Trinajstić information content (AvgIpc) is 2.56. The summed E-state index contributed by atoms with van der Waals surface area (Å²) >= 11 is 6.18. The van der Waals surface area contributed by atoms with Gasteiger partial charge in [-0.25, -0.2) is 0 Å². The van der Waals surface area contributed by atoms with E-state index in [1.165, 1.54) is 16.8 Å². The first-order chi connectivity index (χ1) is 11.8. The maximum Gasteiger partial charge on any atom is 0.0644 e. The zero-order valence-electron chi connectivity index (χ0n) is 15.6. The van der Waals surface area contributed by atoms with E-state index in [-0.39, 0.29) is 5.54 Å². The van der Waals surface area contributed by atoms with Crippen molar-refractivity contribution in [1.29, 1.82) is 0 Å². The van der Waals surface area contributed by atoms with Gasteiger partial charge in [-0.1, -0.05) is 29.8 Å². The molecule has 0 saturated heterocycles. The molecule has 0 unspecified atom stereocenters. The number of hydrogen-bond donors (Lipinski definition) is 0. The van der Waals surface area contributed by atoms with Crippen LogP contribution in [0.1, 0.15) is 44.4 Å². The highest BCUT2D eigenvalue weighted by atomic mass is 35.5. The molecule has 2 aromatic rings. The predicted molar refractivity (Wildman–Crippen MR) is 111 cm³/mol. The first kappa shape index (κ1) is 17.8. The molecule has 0 amide bonds. The summed E-state index contributed by atoms with van der Waals surface area (Å²) in [5.41, 5.74) is 6.97. The van der Waals surface area contributed by atoms with E-state index >= 15 is 0 Å². The van der Waals surface area contributed by atoms with Gasteiger partial charge < -0.3 is 4.90 Å². The molecule has 0 N–H and O–H groups in total. The minimum Gasteiger partial charge on any atom is -0.363 e. The van der Waals surface area contributed by atoms with Gasteiger partial charge in [0, 0.05) is 29.0 Å². The third-order valence-electron chi connectivity index (χ3n) is 4.84. The molecule has 0 bridgehead atoms. The fourth-order valence-electron chi connectivity index (χ4n) is 3.57. The maximum absolute atomic E-state index is 6.18. The van der Waals surface area contributed by atoms with Crippen LogP contribution in [0.15, 0.2) is 47.5 Å². The lowest BCUT2D eigenvalue weighted by Crippen LogP contribution is -2.44. The SMILES string of the molecule is CCN1c2ccc(C=Nc3ccc(C)c(Cl)c3)cc2C(C)=CC1(C)C. The molecule has 2 aromatic carbocycles. The predicted octanol–water partition coefficient (Wildman–Crippen LogP) is 6.42. The molecule has 1 aliphatic rings. The van der Waals surface area contributed by atoms with Crippen LogP contribution in [0.4, 0.5) is 11.4 Å². The van der Waals surface area contributed by atoms with E-state index in [1.807, 2.05) is 31.3 Å². The molecular weight excluding hydrogens is 328 g/mol. The number of anilines is 1. The van der Waals surface area contributed by atoms with Crippen molar-refractivity contribution in [2.75, 3.05) is 11.4 Å². The summed E-state index contributed by atoms with van der Waals surface area (Å²) in [7, 11) is 0. The van der Waals surface area contributed by atoms with Crippen molar-refractivity contribution in [2.24, 2.45) is 4.99 Å². The van der Waals surface area contributed by atoms with Crippen LogP contribution >= 0.6 is 11.6 Å². The molecule has 0 radical (unpaired) electrons. The molecule has 2 nitrogen and oxygen atoms in total. The van der Waals surface area contributed by atoms with Gasteiger partial charge in [-0.05, 0) is 75.6 Å². The Bertz CT molecular complexity index is 862. The van der Waals surface area contributed by atoms with E-state index in [4.69, 9.17) is 11.6 Å². The van der Waals surface area contributed by atoms with Crippen LogP contribution in [-0.2, 0) is 0 Å². The summed E-state index contributed by atoms with van der Waals surface area (Å²) in [5, 5.41) is 0.750. The van der Waals surface area contributed by atoms with Crippen LogP contribution < -0.4 is 4.90 Å². The Morgan fingerprint density at radius 2 is 1.88 bits per heavy atom. The summed E-state index contributed by atoms with van der Waals surface area (Å²) in [6.07, 6.45) is 4.25. The molecule has 0 atom stereocenters. The van der Waals surface area contributed by atoms with Gasteiger partial charge in [-0.3, -0.25) is 4.99 Å². The second-order valence-corrected chi connectivity index (χ2v) is 7.60. The smallest absolute Gasteiger partial charge is 0.0644 e. The average molecular weight is 353 g/mol. The van der Waals surface area contributed by atoms with Crippen molar-refractivity contribution >= 4 is 34.8 Å². The largest absolute Gasteiger partial charge is 0.363 e. The number of fused-ring (bicyclic) bond motifs is 1. The number of halogens is 1. The lowest BCUT2D eigenvalue weighted by atomic mass is 9.88. The van der Waals surface area contributed by atoms with Crippen molar-refractivity contribution in [1.82, 2.24) is 0 Å². The van der Waals surface area contributed by atoms with E-state index in [0.717, 1.165) is 28.4 Å². The molecule has 1 aliphatic heterocycles. The van der Waals surface area contributed by atoms with Gasteiger partial charge in [0.05, 0.1) is 11.2 Å². The van der Waals surface area contributed by atoms with Crippen molar-refractivity contribution < 1.29 is 0 Å². The number of hydrogen-bond acceptors (Lipinski definition) is 2. The molecule has 0 fully saturated rings. The standard InChI is InChI=1S/C22H25ClN2/c1-6-25-21-10-8-17(11-19(21)16(3)13-22(25,4)5)14-24-18-9-7-15(2)20(23)12-18/h7-14H,6H2,1-5H3. The Morgan fingerprint density at radius 3 is 2.56 bits per heavy atom. The molecule has 0 aromatic heterocycles. The minimum atomic E-state index is 0.0418. The minimum absolute atomic E-state index is 0.0418. The number of likely N-dealkylation sites (N-methyl/N-ethyl adjacent to an activating group) is 1. The van der Waals surface area contributed by atoms with Crippen molar-refractivity contribution in [2.45, 2.75) is 40.2 Å². The van der Waals surface area contributed by atoms with Crippen LogP contribution in [0.3, 0.4) is 0 Å². The molecule has 130 valence electrons. The van der Waals surface area contributed by atoms with Crippen LogP contribution in [0.25, 0.3) is 5.57 Å². The van der Waals surface area contributed by atoms with Crippen LogP contribution in [0, 0.1) is 6.92 Å². The van der Waals surface area contributed by atoms with E-state index in [0.29, 0.717) is 0 Å². The van der Waals surface area contributed by atoms with E-state index in [9.17, 15) is 0 Å². The topological polar surface area (TPSA) is 15.6 Å². The summed E-state index contributed by atoms with van der Waals surface area (Å²) in [5.74, 6) is 0. The Hall–Kier alpha value is -2.06. The first-order valence-electron chi connectivity index (χ1n) is 8.73. The van der Waals surface area contributed by atoms with Crippen LogP contribution in [0.5, 0.6) is 0 Å². The zero-order valence-corrected chi connectivity index (χ0v) is 16.4. The summed E-state index contributed by atoms with van der Waals surface area (Å²) < 4.78 is 0. The van der Waals surface area contributed by atoms with Gasteiger partial charge in [-0.15, -0.1) is 0 Å². The molecule has 3 rings (SSSR count). The van der Waals surface area contributed by atoms with Gasteiger partial charge in [0.2, 0.25) is 0 Å². The van der Waals surface area contributed by atoms with Crippen molar-refractivity contribution in [3.05, 3.63) is 64.2 Å². The van der Waals surface area contributed by atoms with E-state index in [2.05, 4.69) is 61.9 Å². The Labute approximate surface area is 155 Å². The Kier molecular flexibility index (Phi) is 4.75. The van der Waals surface area contributed by atoms with Gasteiger partial charge >= 0.3 is 0 Å². The molecule has 1 heterocycles. The third kappa shape index (κ3) is 3.50. The number of nitrogens with zero attached hydrogens (tertiary/aromatic N) is 2. The molecule has 0 spiro atoms. The van der Waals surface area contributed by atoms with Crippen molar-refractivity contribution in [3.8, 4) is 0 Å². The fourth-order valence-corrected chi connectivity index (χ4v) is 3.74. The number of aryl methyl sites for hydroxylation is 1. The van der Waals surface area contributed by atoms with Gasteiger partial charge in [0.25, 0.3) is 0 Å². The molecule has 3 heteroatoms.